The molecule has 0 radical (unpaired) electrons. The van der Waals surface area contributed by atoms with Crippen LogP contribution in [0.15, 0.2) is 273 Å². The van der Waals surface area contributed by atoms with Crippen molar-refractivity contribution in [3.8, 4) is 39.1 Å². The van der Waals surface area contributed by atoms with Crippen LogP contribution in [0.2, 0.25) is 0 Å². The largest absolute Gasteiger partial charge is 0.310 e. The Bertz CT molecular complexity index is 4250. The first-order valence-electron chi connectivity index (χ1n) is 25.9. The van der Waals surface area contributed by atoms with Crippen LogP contribution < -0.4 is 9.80 Å². The van der Waals surface area contributed by atoms with Crippen LogP contribution in [0.4, 0.5) is 34.1 Å². The number of benzene rings is 11. The van der Waals surface area contributed by atoms with Gasteiger partial charge in [0.15, 0.2) is 0 Å². The van der Waals surface area contributed by atoms with Crippen molar-refractivity contribution in [3.63, 3.8) is 0 Å². The maximum Gasteiger partial charge on any atom is 0.0645 e. The van der Waals surface area contributed by atoms with E-state index < -0.39 is 18.1 Å². The molecule has 2 heterocycles. The van der Waals surface area contributed by atoms with Gasteiger partial charge in [-0.1, -0.05) is 176 Å². The lowest BCUT2D eigenvalue weighted by molar-refractivity contribution is 1.19. The van der Waals surface area contributed by atoms with Gasteiger partial charge in [0, 0.05) is 76.3 Å². The Labute approximate surface area is 418 Å². The zero-order valence-electron chi connectivity index (χ0n) is 42.8. The predicted molar refractivity (Wildman–Crippen MR) is 299 cm³/mol. The van der Waals surface area contributed by atoms with Crippen LogP contribution in [0.3, 0.4) is 0 Å². The molecule has 2 aromatic heterocycles. The molecule has 0 saturated heterocycles. The van der Waals surface area contributed by atoms with Crippen molar-refractivity contribution in [1.29, 1.82) is 0 Å². The molecule has 0 saturated carbocycles. The number of aromatic nitrogens is 1. The molecule has 0 aliphatic carbocycles. The molecule has 0 amide bonds. The summed E-state index contributed by atoms with van der Waals surface area (Å²) in [5, 5.41) is 4.52. The maximum atomic E-state index is 9.54. The van der Waals surface area contributed by atoms with Crippen LogP contribution in [0.25, 0.3) is 81.0 Å². The summed E-state index contributed by atoms with van der Waals surface area (Å²) < 4.78 is 50.4. The normalized spacial score (nSPS) is 12.4. The number of hydrogen-bond acceptors (Lipinski definition) is 3. The number of hydrogen-bond donors (Lipinski definition) is 0. The number of anilines is 6. The van der Waals surface area contributed by atoms with Gasteiger partial charge in [-0.2, -0.15) is 0 Å². The molecular formula is C66H45N3S. The number of rotatable bonds is 10. The molecule has 3 nitrogen and oxygen atoms in total. The van der Waals surface area contributed by atoms with Crippen molar-refractivity contribution in [2.24, 2.45) is 0 Å². The second-order valence-corrected chi connectivity index (χ2v) is 18.4. The third-order valence-electron chi connectivity index (χ3n) is 13.2. The first-order valence-corrected chi connectivity index (χ1v) is 24.2. The fourth-order valence-electron chi connectivity index (χ4n) is 10.1. The van der Waals surface area contributed by atoms with E-state index in [-0.39, 0.29) is 17.8 Å². The summed E-state index contributed by atoms with van der Waals surface area (Å²) in [6, 6.07) is 82.0. The van der Waals surface area contributed by atoms with Crippen LogP contribution in [-0.4, -0.2) is 4.57 Å². The lowest BCUT2D eigenvalue weighted by atomic mass is 9.97. The molecule has 13 rings (SSSR count). The Morgan fingerprint density at radius 3 is 1.46 bits per heavy atom. The fraction of sp³-hybridized carbons (Fsp3) is 0. The van der Waals surface area contributed by atoms with Gasteiger partial charge in [0.05, 0.1) is 17.9 Å². The Hall–Kier alpha value is -8.96. The van der Waals surface area contributed by atoms with E-state index in [0.717, 1.165) is 98.1 Å². The number of thiophene rings is 1. The lowest BCUT2D eigenvalue weighted by Crippen LogP contribution is -2.13. The van der Waals surface area contributed by atoms with Gasteiger partial charge in [0.1, 0.15) is 0 Å². The summed E-state index contributed by atoms with van der Waals surface area (Å²) in [5.41, 5.74) is 13.3. The van der Waals surface area contributed by atoms with Gasteiger partial charge >= 0.3 is 0 Å². The Kier molecular flexibility index (Phi) is 9.09. The molecule has 0 aliphatic heterocycles. The molecule has 0 fully saturated rings. The topological polar surface area (TPSA) is 11.4 Å². The summed E-state index contributed by atoms with van der Waals surface area (Å²) in [5.74, 6) is 0. The van der Waals surface area contributed by atoms with Crippen LogP contribution >= 0.6 is 11.3 Å². The highest BCUT2D eigenvalue weighted by Gasteiger charge is 2.25. The Morgan fingerprint density at radius 1 is 0.357 bits per heavy atom. The summed E-state index contributed by atoms with van der Waals surface area (Å²) >= 11 is 1.76. The van der Waals surface area contributed by atoms with Crippen molar-refractivity contribution >= 4 is 87.4 Å². The second kappa shape index (κ2) is 17.6. The van der Waals surface area contributed by atoms with Crippen molar-refractivity contribution in [2.45, 2.75) is 0 Å². The van der Waals surface area contributed by atoms with Crippen LogP contribution in [0.1, 0.15) is 6.85 Å². The van der Waals surface area contributed by atoms with Crippen molar-refractivity contribution in [2.75, 3.05) is 9.80 Å². The SMILES string of the molecule is [2H]c1c([2H])c([2H])c(N(c2ccc(-c3ccccc3)cc2)c2cc(-c3cc4c5ccccc5n(-c5ccccc5)c4c4c3sc3ccccc34)cc(N(c3ccccc3)c3ccc(-c4ccccc4)cc3)c2)c([2H])c1[2H]. The van der Waals surface area contributed by atoms with Gasteiger partial charge < -0.3 is 14.4 Å². The van der Waals surface area contributed by atoms with Crippen LogP contribution in [0, 0.1) is 0 Å². The van der Waals surface area contributed by atoms with E-state index in [0.29, 0.717) is 11.4 Å². The second-order valence-electron chi connectivity index (χ2n) is 17.4. The highest BCUT2D eigenvalue weighted by Crippen LogP contribution is 2.50. The highest BCUT2D eigenvalue weighted by molar-refractivity contribution is 7.26. The molecule has 70 heavy (non-hydrogen) atoms. The molecule has 0 bridgehead atoms. The summed E-state index contributed by atoms with van der Waals surface area (Å²) in [6.07, 6.45) is 0. The van der Waals surface area contributed by atoms with Crippen LogP contribution in [0.5, 0.6) is 0 Å². The van der Waals surface area contributed by atoms with Gasteiger partial charge in [-0.3, -0.25) is 0 Å². The fourth-order valence-corrected chi connectivity index (χ4v) is 11.3. The zero-order valence-corrected chi connectivity index (χ0v) is 38.7. The monoisotopic (exact) mass is 916 g/mol. The van der Waals surface area contributed by atoms with Crippen molar-refractivity contribution < 1.29 is 6.85 Å². The van der Waals surface area contributed by atoms with Crippen molar-refractivity contribution in [1.82, 2.24) is 4.57 Å². The van der Waals surface area contributed by atoms with Gasteiger partial charge in [0.25, 0.3) is 0 Å². The number of para-hydroxylation sites is 4. The molecule has 0 unspecified atom stereocenters. The summed E-state index contributed by atoms with van der Waals surface area (Å²) in [6.45, 7) is 0. The van der Waals surface area contributed by atoms with Gasteiger partial charge in [-0.15, -0.1) is 11.3 Å². The predicted octanol–water partition coefficient (Wildman–Crippen LogP) is 19.1. The minimum atomic E-state index is -0.452. The molecule has 0 aliphatic rings. The maximum absolute atomic E-state index is 9.54. The molecule has 11 aromatic carbocycles. The van der Waals surface area contributed by atoms with E-state index in [1.807, 2.05) is 83.8 Å². The minimum absolute atomic E-state index is 0.0448. The summed E-state index contributed by atoms with van der Waals surface area (Å²) in [7, 11) is 0. The third-order valence-corrected chi connectivity index (χ3v) is 14.4. The molecule has 4 heteroatoms. The minimum Gasteiger partial charge on any atom is -0.310 e. The Balaban J connectivity index is 1.14. The molecule has 330 valence electrons. The Morgan fingerprint density at radius 2 is 0.843 bits per heavy atom. The smallest absolute Gasteiger partial charge is 0.0645 e. The molecular weight excluding hydrogens is 867 g/mol. The first-order chi connectivity index (χ1) is 36.8. The highest BCUT2D eigenvalue weighted by atomic mass is 32.1. The zero-order chi connectivity index (χ0) is 50.7. The number of fused-ring (bicyclic) bond motifs is 7. The third kappa shape index (κ3) is 7.30. The van der Waals surface area contributed by atoms with Gasteiger partial charge in [-0.25, -0.2) is 0 Å². The molecule has 0 N–H and O–H groups in total. The molecule has 0 atom stereocenters. The standard InChI is InChI=1S/C66H45N3S/c1-6-20-46(21-7-1)48-34-38-54(39-35-48)67(51-24-10-3-11-25-51)56-42-50(43-57(44-56)68(52-26-12-4-13-27-52)55-40-36-49(37-41-55)47-22-8-2-9-23-47)60-45-61-58-30-16-18-32-62(58)69(53-28-14-5-15-29-53)65(61)64-59-31-17-19-33-63(59)70-66(60)64/h1-45H/i3D,10D,11D,24D,25D. The number of nitrogens with zero attached hydrogens (tertiary/aromatic N) is 3. The van der Waals surface area contributed by atoms with Crippen molar-refractivity contribution in [3.05, 3.63) is 273 Å². The lowest BCUT2D eigenvalue weighted by Gasteiger charge is -2.30. The quantitative estimate of drug-likeness (QED) is 0.135. The van der Waals surface area contributed by atoms with E-state index >= 15 is 0 Å². The first kappa shape index (κ1) is 36.1. The van der Waals surface area contributed by atoms with E-state index in [9.17, 15) is 2.74 Å². The molecule has 13 aromatic rings. The average molecular weight is 917 g/mol. The summed E-state index contributed by atoms with van der Waals surface area (Å²) in [4.78, 5) is 4.08. The van der Waals surface area contributed by atoms with E-state index in [2.05, 4.69) is 173 Å². The molecule has 0 spiro atoms. The van der Waals surface area contributed by atoms with E-state index in [1.54, 1.807) is 11.3 Å². The van der Waals surface area contributed by atoms with Gasteiger partial charge in [0.2, 0.25) is 0 Å². The average Bonchev–Trinajstić information content (AvgIpc) is 4.15. The van der Waals surface area contributed by atoms with Gasteiger partial charge in [-0.05, 0) is 125 Å². The van der Waals surface area contributed by atoms with Crippen LogP contribution in [-0.2, 0) is 0 Å². The van der Waals surface area contributed by atoms with E-state index in [4.69, 9.17) is 4.11 Å². The van der Waals surface area contributed by atoms with E-state index in [1.165, 1.54) is 0 Å².